The van der Waals surface area contributed by atoms with Gasteiger partial charge >= 0.3 is 0 Å². The van der Waals surface area contributed by atoms with Crippen LogP contribution >= 0.6 is 0 Å². The van der Waals surface area contributed by atoms with Crippen LogP contribution in [0.15, 0.2) is 6.33 Å². The molecule has 1 aromatic rings. The average Bonchev–Trinajstić information content (AvgIpc) is 2.52. The molecule has 0 bridgehead atoms. The highest BCUT2D eigenvalue weighted by molar-refractivity contribution is 4.92. The van der Waals surface area contributed by atoms with Gasteiger partial charge in [-0.1, -0.05) is 13.3 Å². The molecule has 1 rings (SSSR count). The van der Waals surface area contributed by atoms with E-state index < -0.39 is 0 Å². The van der Waals surface area contributed by atoms with Crippen LogP contribution in [0.1, 0.15) is 31.5 Å². The summed E-state index contributed by atoms with van der Waals surface area (Å²) in [5.74, 6) is 1.26. The number of hydrogen-bond donors (Lipinski definition) is 2. The molecule has 11 heavy (non-hydrogen) atoms. The molecule has 0 aliphatic heterocycles. The van der Waals surface area contributed by atoms with Crippen LogP contribution in [0.2, 0.25) is 0 Å². The number of hydrogen-bond acceptors (Lipinski definition) is 3. The zero-order chi connectivity index (χ0) is 8.10. The molecule has 62 valence electrons. The van der Waals surface area contributed by atoms with E-state index in [1.54, 1.807) is 0 Å². The lowest BCUT2D eigenvalue weighted by atomic mass is 10.0. The number of nitrogens with one attached hydrogen (secondary N) is 1. The van der Waals surface area contributed by atoms with E-state index in [0.717, 1.165) is 18.7 Å². The highest BCUT2D eigenvalue weighted by Crippen LogP contribution is 2.14. The quantitative estimate of drug-likeness (QED) is 0.669. The van der Waals surface area contributed by atoms with Crippen molar-refractivity contribution in [3.8, 4) is 0 Å². The van der Waals surface area contributed by atoms with Gasteiger partial charge in [-0.15, -0.1) is 0 Å². The molecule has 1 unspecified atom stereocenters. The Balaban J connectivity index is 2.56. The Morgan fingerprint density at radius 1 is 1.73 bits per heavy atom. The fourth-order valence-corrected chi connectivity index (χ4v) is 1.13. The molecule has 4 nitrogen and oxygen atoms in total. The molecule has 0 saturated heterocycles. The van der Waals surface area contributed by atoms with Gasteiger partial charge in [0.25, 0.3) is 0 Å². The van der Waals surface area contributed by atoms with Crippen molar-refractivity contribution in [1.82, 2.24) is 15.2 Å². The minimum atomic E-state index is 0.350. The Hall–Kier alpha value is -0.900. The van der Waals surface area contributed by atoms with Crippen molar-refractivity contribution in [2.24, 2.45) is 5.73 Å². The van der Waals surface area contributed by atoms with E-state index in [0.29, 0.717) is 12.5 Å². The normalized spacial score (nSPS) is 13.3. The summed E-state index contributed by atoms with van der Waals surface area (Å²) in [6, 6.07) is 0. The first kappa shape index (κ1) is 8.20. The van der Waals surface area contributed by atoms with Gasteiger partial charge in [0.15, 0.2) is 0 Å². The van der Waals surface area contributed by atoms with Crippen LogP contribution in [0.3, 0.4) is 0 Å². The zero-order valence-corrected chi connectivity index (χ0v) is 6.75. The molecule has 3 N–H and O–H groups in total. The number of rotatable bonds is 4. The number of nitrogens with zero attached hydrogens (tertiary/aromatic N) is 2. The second-order valence-corrected chi connectivity index (χ2v) is 2.59. The highest BCUT2D eigenvalue weighted by atomic mass is 15.2. The van der Waals surface area contributed by atoms with Crippen LogP contribution in [-0.4, -0.2) is 21.7 Å². The van der Waals surface area contributed by atoms with Gasteiger partial charge in [-0.25, -0.2) is 4.98 Å². The molecule has 0 saturated carbocycles. The summed E-state index contributed by atoms with van der Waals surface area (Å²) >= 11 is 0. The fraction of sp³-hybridized carbons (Fsp3) is 0.714. The minimum absolute atomic E-state index is 0.350. The van der Waals surface area contributed by atoms with Crippen molar-refractivity contribution < 1.29 is 0 Å². The molecule has 0 aliphatic carbocycles. The molecule has 1 heterocycles. The SMILES string of the molecule is CCCC(CN)c1ncn[nH]1. The van der Waals surface area contributed by atoms with Crippen molar-refractivity contribution in [2.75, 3.05) is 6.54 Å². The van der Waals surface area contributed by atoms with Gasteiger partial charge in [-0.2, -0.15) is 5.10 Å². The Morgan fingerprint density at radius 3 is 3.00 bits per heavy atom. The second kappa shape index (κ2) is 4.08. The molecule has 0 spiro atoms. The largest absolute Gasteiger partial charge is 0.330 e. The molecule has 4 heteroatoms. The predicted octanol–water partition coefficient (Wildman–Crippen LogP) is 0.647. The molecular weight excluding hydrogens is 140 g/mol. The highest BCUT2D eigenvalue weighted by Gasteiger charge is 2.10. The number of aromatic nitrogens is 3. The van der Waals surface area contributed by atoms with E-state index in [2.05, 4.69) is 22.1 Å². The lowest BCUT2D eigenvalue weighted by Crippen LogP contribution is -2.13. The molecule has 0 radical (unpaired) electrons. The summed E-state index contributed by atoms with van der Waals surface area (Å²) in [6.07, 6.45) is 3.72. The summed E-state index contributed by atoms with van der Waals surface area (Å²) in [4.78, 5) is 4.06. The van der Waals surface area contributed by atoms with Crippen LogP contribution in [0.25, 0.3) is 0 Å². The third-order valence-corrected chi connectivity index (χ3v) is 1.74. The first-order valence-electron chi connectivity index (χ1n) is 3.93. The molecule has 1 atom stereocenters. The van der Waals surface area contributed by atoms with Gasteiger partial charge < -0.3 is 5.73 Å². The topological polar surface area (TPSA) is 67.6 Å². The first-order chi connectivity index (χ1) is 5.38. The molecular formula is C7H14N4. The van der Waals surface area contributed by atoms with Gasteiger partial charge in [0.1, 0.15) is 12.2 Å². The average molecular weight is 154 g/mol. The summed E-state index contributed by atoms with van der Waals surface area (Å²) in [6.45, 7) is 2.78. The van der Waals surface area contributed by atoms with Crippen molar-refractivity contribution in [2.45, 2.75) is 25.7 Å². The van der Waals surface area contributed by atoms with Crippen LogP contribution in [0, 0.1) is 0 Å². The monoisotopic (exact) mass is 154 g/mol. The first-order valence-corrected chi connectivity index (χ1v) is 3.93. The van der Waals surface area contributed by atoms with Gasteiger partial charge in [-0.3, -0.25) is 5.10 Å². The molecule has 1 aromatic heterocycles. The summed E-state index contributed by atoms with van der Waals surface area (Å²) < 4.78 is 0. The second-order valence-electron chi connectivity index (χ2n) is 2.59. The van der Waals surface area contributed by atoms with Crippen molar-refractivity contribution >= 4 is 0 Å². The Kier molecular flexibility index (Phi) is 3.04. The van der Waals surface area contributed by atoms with Crippen LogP contribution in [0.5, 0.6) is 0 Å². The van der Waals surface area contributed by atoms with Gasteiger partial charge in [0.05, 0.1) is 0 Å². The number of H-pyrrole nitrogens is 1. The van der Waals surface area contributed by atoms with E-state index in [1.807, 2.05) is 0 Å². The van der Waals surface area contributed by atoms with Crippen LogP contribution in [-0.2, 0) is 0 Å². The molecule has 0 aliphatic rings. The van der Waals surface area contributed by atoms with Crippen molar-refractivity contribution in [1.29, 1.82) is 0 Å². The smallest absolute Gasteiger partial charge is 0.137 e. The van der Waals surface area contributed by atoms with Gasteiger partial charge in [-0.05, 0) is 6.42 Å². The molecule has 0 fully saturated rings. The standard InChI is InChI=1S/C7H14N4/c1-2-3-6(4-8)7-9-5-10-11-7/h5-6H,2-4,8H2,1H3,(H,9,10,11). The number of nitrogens with two attached hydrogens (primary N) is 1. The number of aromatic amines is 1. The van der Waals surface area contributed by atoms with E-state index >= 15 is 0 Å². The van der Waals surface area contributed by atoms with Crippen LogP contribution in [0.4, 0.5) is 0 Å². The molecule has 0 aromatic carbocycles. The fourth-order valence-electron chi connectivity index (χ4n) is 1.13. The van der Waals surface area contributed by atoms with E-state index in [-0.39, 0.29) is 0 Å². The Labute approximate surface area is 66.2 Å². The van der Waals surface area contributed by atoms with Gasteiger partial charge in [0, 0.05) is 12.5 Å². The minimum Gasteiger partial charge on any atom is -0.330 e. The maximum Gasteiger partial charge on any atom is 0.137 e. The van der Waals surface area contributed by atoms with Crippen molar-refractivity contribution in [3.63, 3.8) is 0 Å². The lowest BCUT2D eigenvalue weighted by Gasteiger charge is -2.08. The predicted molar refractivity (Wildman–Crippen MR) is 43.1 cm³/mol. The summed E-state index contributed by atoms with van der Waals surface area (Å²) in [5, 5.41) is 6.61. The maximum absolute atomic E-state index is 5.56. The van der Waals surface area contributed by atoms with Crippen LogP contribution < -0.4 is 5.73 Å². The third-order valence-electron chi connectivity index (χ3n) is 1.74. The van der Waals surface area contributed by atoms with E-state index in [1.165, 1.54) is 6.33 Å². The summed E-state index contributed by atoms with van der Waals surface area (Å²) in [5.41, 5.74) is 5.56. The Morgan fingerprint density at radius 2 is 2.55 bits per heavy atom. The van der Waals surface area contributed by atoms with E-state index in [4.69, 9.17) is 5.73 Å². The lowest BCUT2D eigenvalue weighted by molar-refractivity contribution is 0.591. The third kappa shape index (κ3) is 2.01. The Bertz CT molecular complexity index is 182. The summed E-state index contributed by atoms with van der Waals surface area (Å²) in [7, 11) is 0. The van der Waals surface area contributed by atoms with Gasteiger partial charge in [0.2, 0.25) is 0 Å². The zero-order valence-electron chi connectivity index (χ0n) is 6.75. The maximum atomic E-state index is 5.56. The van der Waals surface area contributed by atoms with E-state index in [9.17, 15) is 0 Å². The molecule has 0 amide bonds. The van der Waals surface area contributed by atoms with Crippen molar-refractivity contribution in [3.05, 3.63) is 12.2 Å².